The van der Waals surface area contributed by atoms with Crippen LogP contribution in [-0.4, -0.2) is 49.8 Å². The quantitative estimate of drug-likeness (QED) is 0.605. The summed E-state index contributed by atoms with van der Waals surface area (Å²) < 4.78 is 1.85. The zero-order valence-corrected chi connectivity index (χ0v) is 16.2. The summed E-state index contributed by atoms with van der Waals surface area (Å²) >= 11 is 0. The smallest absolute Gasteiger partial charge is 0.158 e. The van der Waals surface area contributed by atoms with Crippen LogP contribution in [0.15, 0.2) is 30.7 Å². The summed E-state index contributed by atoms with van der Waals surface area (Å²) in [4.78, 5) is 6.63. The van der Waals surface area contributed by atoms with Gasteiger partial charge < -0.3 is 4.90 Å². The third-order valence-electron chi connectivity index (χ3n) is 6.04. The summed E-state index contributed by atoms with van der Waals surface area (Å²) in [6.07, 6.45) is 6.03. The average molecular weight is 360 g/mol. The van der Waals surface area contributed by atoms with Crippen LogP contribution < -0.4 is 0 Å². The van der Waals surface area contributed by atoms with E-state index in [1.807, 2.05) is 10.7 Å². The lowest BCUT2D eigenvalue weighted by Crippen LogP contribution is -2.39. The van der Waals surface area contributed by atoms with Gasteiger partial charge in [0.1, 0.15) is 6.33 Å². The van der Waals surface area contributed by atoms with E-state index in [-0.39, 0.29) is 0 Å². The lowest BCUT2D eigenvalue weighted by Gasteiger charge is -2.38. The van der Waals surface area contributed by atoms with Gasteiger partial charge in [-0.25, -0.2) is 9.50 Å². The number of H-pyrrole nitrogens is 1. The van der Waals surface area contributed by atoms with Gasteiger partial charge in [0.25, 0.3) is 0 Å². The molecule has 1 aromatic carbocycles. The fourth-order valence-corrected chi connectivity index (χ4v) is 4.29. The first kappa shape index (κ1) is 16.4. The first-order valence-electron chi connectivity index (χ1n) is 9.46. The van der Waals surface area contributed by atoms with Crippen molar-refractivity contribution in [1.82, 2.24) is 29.7 Å². The van der Waals surface area contributed by atoms with Gasteiger partial charge in [0.05, 0.1) is 11.2 Å². The molecule has 0 amide bonds. The Kier molecular flexibility index (Phi) is 3.59. The maximum atomic E-state index is 4.68. The standard InChI is InChI=1S/C21H24N6/c1-12-6-18-19(24-25-20(18)14-7-16(8-14)26(3)4)9-17(12)15-5-13(2)21-22-11-23-27(21)10-15/h5-6,9-11,14,16H,7-8H2,1-4H3,(H,24,25). The second kappa shape index (κ2) is 5.89. The number of benzene rings is 1. The van der Waals surface area contributed by atoms with Gasteiger partial charge in [-0.2, -0.15) is 10.2 Å². The van der Waals surface area contributed by atoms with Gasteiger partial charge in [0.2, 0.25) is 0 Å². The van der Waals surface area contributed by atoms with Crippen LogP contribution in [-0.2, 0) is 0 Å². The van der Waals surface area contributed by atoms with E-state index in [1.165, 1.54) is 35.0 Å². The SMILES string of the molecule is Cc1cc2c(C3CC(N(C)C)C3)n[nH]c2cc1-c1cc(C)c2ncnn2c1. The van der Waals surface area contributed by atoms with Gasteiger partial charge in [-0.05, 0) is 75.7 Å². The van der Waals surface area contributed by atoms with Gasteiger partial charge in [-0.15, -0.1) is 0 Å². The van der Waals surface area contributed by atoms with Crippen LogP contribution in [0.4, 0.5) is 0 Å². The Morgan fingerprint density at radius 3 is 2.70 bits per heavy atom. The van der Waals surface area contributed by atoms with Crippen molar-refractivity contribution in [2.75, 3.05) is 14.1 Å². The number of rotatable bonds is 3. The third-order valence-corrected chi connectivity index (χ3v) is 6.04. The number of aryl methyl sites for hydroxylation is 2. The van der Waals surface area contributed by atoms with E-state index in [2.05, 4.69) is 71.3 Å². The minimum absolute atomic E-state index is 0.560. The maximum Gasteiger partial charge on any atom is 0.158 e. The highest BCUT2D eigenvalue weighted by atomic mass is 15.3. The van der Waals surface area contributed by atoms with Gasteiger partial charge in [0.15, 0.2) is 5.65 Å². The maximum absolute atomic E-state index is 4.68. The molecule has 6 heteroatoms. The van der Waals surface area contributed by atoms with E-state index >= 15 is 0 Å². The third kappa shape index (κ3) is 2.55. The largest absolute Gasteiger partial charge is 0.306 e. The highest BCUT2D eigenvalue weighted by Gasteiger charge is 2.34. The van der Waals surface area contributed by atoms with Crippen molar-refractivity contribution in [1.29, 1.82) is 0 Å². The minimum atomic E-state index is 0.560. The number of fused-ring (bicyclic) bond motifs is 2. The highest BCUT2D eigenvalue weighted by molar-refractivity contribution is 5.88. The summed E-state index contributed by atoms with van der Waals surface area (Å²) in [6.45, 7) is 4.25. The van der Waals surface area contributed by atoms with E-state index in [0.29, 0.717) is 12.0 Å². The van der Waals surface area contributed by atoms with Crippen LogP contribution in [0.5, 0.6) is 0 Å². The second-order valence-electron chi connectivity index (χ2n) is 8.05. The number of nitrogens with zero attached hydrogens (tertiary/aromatic N) is 5. The predicted octanol–water partition coefficient (Wildman–Crippen LogP) is 3.70. The Hall–Kier alpha value is -2.73. The molecule has 0 atom stereocenters. The molecule has 1 fully saturated rings. The van der Waals surface area contributed by atoms with Gasteiger partial charge in [-0.1, -0.05) is 0 Å². The van der Waals surface area contributed by atoms with Crippen LogP contribution in [0.25, 0.3) is 27.7 Å². The molecule has 0 saturated heterocycles. The Morgan fingerprint density at radius 2 is 1.93 bits per heavy atom. The molecule has 5 rings (SSSR count). The average Bonchev–Trinajstić information content (AvgIpc) is 3.20. The van der Waals surface area contributed by atoms with Gasteiger partial charge in [0, 0.05) is 29.1 Å². The number of aromatic nitrogens is 5. The van der Waals surface area contributed by atoms with E-state index in [4.69, 9.17) is 0 Å². The molecule has 1 N–H and O–H groups in total. The number of hydrogen-bond donors (Lipinski definition) is 1. The summed E-state index contributed by atoms with van der Waals surface area (Å²) in [6, 6.07) is 7.37. The number of nitrogens with one attached hydrogen (secondary N) is 1. The lowest BCUT2D eigenvalue weighted by atomic mass is 9.76. The Bertz CT molecular complexity index is 1150. The van der Waals surface area contributed by atoms with Crippen LogP contribution in [0, 0.1) is 13.8 Å². The van der Waals surface area contributed by atoms with Crippen molar-refractivity contribution >= 4 is 16.6 Å². The molecule has 3 aromatic heterocycles. The summed E-state index contributed by atoms with van der Waals surface area (Å²) in [7, 11) is 4.32. The van der Waals surface area contributed by atoms with Gasteiger partial charge in [-0.3, -0.25) is 5.10 Å². The summed E-state index contributed by atoms with van der Waals surface area (Å²) in [5, 5.41) is 13.5. The first-order chi connectivity index (χ1) is 13.0. The number of pyridine rings is 1. The number of aromatic amines is 1. The number of hydrogen-bond acceptors (Lipinski definition) is 4. The summed E-state index contributed by atoms with van der Waals surface area (Å²) in [5.74, 6) is 0.560. The molecular weight excluding hydrogens is 336 g/mol. The Balaban J connectivity index is 1.56. The highest BCUT2D eigenvalue weighted by Crippen LogP contribution is 2.41. The molecule has 4 aromatic rings. The topological polar surface area (TPSA) is 62.1 Å². The van der Waals surface area contributed by atoms with E-state index < -0.39 is 0 Å². The van der Waals surface area contributed by atoms with E-state index in [1.54, 1.807) is 6.33 Å². The predicted molar refractivity (Wildman–Crippen MR) is 107 cm³/mol. The molecule has 138 valence electrons. The molecule has 0 unspecified atom stereocenters. The molecule has 1 aliphatic carbocycles. The lowest BCUT2D eigenvalue weighted by molar-refractivity contribution is 0.164. The Morgan fingerprint density at radius 1 is 1.11 bits per heavy atom. The molecule has 0 radical (unpaired) electrons. The van der Waals surface area contributed by atoms with Crippen LogP contribution in [0.2, 0.25) is 0 Å². The molecule has 27 heavy (non-hydrogen) atoms. The fraction of sp³-hybridized carbons (Fsp3) is 0.381. The van der Waals surface area contributed by atoms with Crippen molar-refractivity contribution in [2.45, 2.75) is 38.6 Å². The molecule has 6 nitrogen and oxygen atoms in total. The normalized spacial score (nSPS) is 19.9. The second-order valence-corrected chi connectivity index (χ2v) is 8.05. The monoisotopic (exact) mass is 360 g/mol. The summed E-state index contributed by atoms with van der Waals surface area (Å²) in [5.41, 5.74) is 7.97. The molecule has 1 saturated carbocycles. The van der Waals surface area contributed by atoms with Crippen molar-refractivity contribution in [3.8, 4) is 11.1 Å². The molecule has 3 heterocycles. The van der Waals surface area contributed by atoms with Crippen molar-refractivity contribution < 1.29 is 0 Å². The first-order valence-corrected chi connectivity index (χ1v) is 9.46. The fourth-order valence-electron chi connectivity index (χ4n) is 4.29. The van der Waals surface area contributed by atoms with Crippen LogP contribution in [0.3, 0.4) is 0 Å². The van der Waals surface area contributed by atoms with Crippen molar-refractivity contribution in [3.05, 3.63) is 47.5 Å². The Labute approximate surface area is 158 Å². The van der Waals surface area contributed by atoms with E-state index in [9.17, 15) is 0 Å². The van der Waals surface area contributed by atoms with Gasteiger partial charge >= 0.3 is 0 Å². The minimum Gasteiger partial charge on any atom is -0.306 e. The molecule has 0 aliphatic heterocycles. The molecule has 0 bridgehead atoms. The van der Waals surface area contributed by atoms with Crippen LogP contribution >= 0.6 is 0 Å². The molecular formula is C21H24N6. The van der Waals surface area contributed by atoms with E-state index in [0.717, 1.165) is 22.3 Å². The van der Waals surface area contributed by atoms with Crippen LogP contribution in [0.1, 0.15) is 35.6 Å². The molecule has 1 aliphatic rings. The van der Waals surface area contributed by atoms with Crippen molar-refractivity contribution in [2.24, 2.45) is 0 Å². The zero-order valence-electron chi connectivity index (χ0n) is 16.2. The zero-order chi connectivity index (χ0) is 18.7. The molecule has 0 spiro atoms. The van der Waals surface area contributed by atoms with Crippen molar-refractivity contribution in [3.63, 3.8) is 0 Å².